The van der Waals surface area contributed by atoms with Crippen LogP contribution in [0.15, 0.2) is 57.7 Å². The molecule has 7 heteroatoms. The van der Waals surface area contributed by atoms with Crippen molar-refractivity contribution in [2.75, 3.05) is 13.1 Å². The molecule has 0 radical (unpaired) electrons. The number of fused-ring (bicyclic) bond motifs is 1. The third-order valence-corrected chi connectivity index (χ3v) is 4.46. The molecule has 5 rings (SSSR count). The van der Waals surface area contributed by atoms with E-state index in [9.17, 15) is 4.79 Å². The van der Waals surface area contributed by atoms with Gasteiger partial charge in [-0.15, -0.1) is 0 Å². The maximum Gasteiger partial charge on any atom is 0.270 e. The molecule has 7 nitrogen and oxygen atoms in total. The molecule has 1 fully saturated rings. The third kappa shape index (κ3) is 2.32. The molecule has 1 saturated heterocycles. The summed E-state index contributed by atoms with van der Waals surface area (Å²) in [5, 5.41) is 4.96. The summed E-state index contributed by atoms with van der Waals surface area (Å²) in [4.78, 5) is 21.9. The number of H-pyrrole nitrogens is 1. The average molecular weight is 334 g/mol. The minimum atomic E-state index is -0.0155. The molecule has 0 aliphatic carbocycles. The van der Waals surface area contributed by atoms with Crippen LogP contribution in [0.3, 0.4) is 0 Å². The van der Waals surface area contributed by atoms with Crippen LogP contribution >= 0.6 is 0 Å². The summed E-state index contributed by atoms with van der Waals surface area (Å²) in [6, 6.07) is 13.3. The molecule has 124 valence electrons. The fraction of sp³-hybridized carbons (Fsp3) is 0.167. The van der Waals surface area contributed by atoms with Gasteiger partial charge in [0.05, 0.1) is 12.2 Å². The number of para-hydroxylation sites is 1. The lowest BCUT2D eigenvalue weighted by Gasteiger charge is -2.36. The first-order valence-electron chi connectivity index (χ1n) is 8.02. The monoisotopic (exact) mass is 334 g/mol. The number of furan rings is 1. The highest BCUT2D eigenvalue weighted by Crippen LogP contribution is 2.29. The Hall–Kier alpha value is -3.35. The molecular weight excluding hydrogens is 320 g/mol. The summed E-state index contributed by atoms with van der Waals surface area (Å²) in [5.74, 6) is 1.58. The van der Waals surface area contributed by atoms with Crippen molar-refractivity contribution in [1.29, 1.82) is 0 Å². The van der Waals surface area contributed by atoms with Crippen molar-refractivity contribution in [3.05, 3.63) is 60.3 Å². The van der Waals surface area contributed by atoms with Crippen LogP contribution in [0.5, 0.6) is 0 Å². The number of aromatic amines is 1. The zero-order valence-corrected chi connectivity index (χ0v) is 13.2. The standard InChI is InChI=1S/C18H14N4O3/c23-18(14-8-11-4-1-2-5-13(11)19-14)22-9-12(10-22)17-20-16(21-25-17)15-6-3-7-24-15/h1-8,12,19H,9-10H2. The van der Waals surface area contributed by atoms with E-state index in [4.69, 9.17) is 8.94 Å². The molecule has 1 aliphatic rings. The minimum Gasteiger partial charge on any atom is -0.461 e. The van der Waals surface area contributed by atoms with Crippen LogP contribution in [0, 0.1) is 0 Å². The third-order valence-electron chi connectivity index (χ3n) is 4.46. The number of hydrogen-bond donors (Lipinski definition) is 1. The smallest absolute Gasteiger partial charge is 0.270 e. The molecule has 1 aliphatic heterocycles. The van der Waals surface area contributed by atoms with E-state index in [2.05, 4.69) is 15.1 Å². The second-order valence-electron chi connectivity index (χ2n) is 6.11. The Kier molecular flexibility index (Phi) is 3.00. The highest BCUT2D eigenvalue weighted by molar-refractivity contribution is 5.98. The number of nitrogens with one attached hydrogen (secondary N) is 1. The summed E-state index contributed by atoms with van der Waals surface area (Å²) in [7, 11) is 0. The average Bonchev–Trinajstić information content (AvgIpc) is 3.32. The lowest BCUT2D eigenvalue weighted by Crippen LogP contribution is -2.48. The van der Waals surface area contributed by atoms with Gasteiger partial charge in [-0.1, -0.05) is 23.4 Å². The van der Waals surface area contributed by atoms with Crippen molar-refractivity contribution in [3.8, 4) is 11.6 Å². The van der Waals surface area contributed by atoms with Gasteiger partial charge in [0.15, 0.2) is 5.76 Å². The van der Waals surface area contributed by atoms with E-state index >= 15 is 0 Å². The Balaban J connectivity index is 1.29. The fourth-order valence-corrected chi connectivity index (χ4v) is 3.07. The predicted octanol–water partition coefficient (Wildman–Crippen LogP) is 3.05. The SMILES string of the molecule is O=C(c1cc2ccccc2[nH]1)N1CC(c2nc(-c3ccco3)no2)C1. The van der Waals surface area contributed by atoms with Gasteiger partial charge in [-0.05, 0) is 24.3 Å². The number of benzene rings is 1. The molecule has 1 amide bonds. The number of likely N-dealkylation sites (tertiary alicyclic amines) is 1. The van der Waals surface area contributed by atoms with Crippen molar-refractivity contribution < 1.29 is 13.7 Å². The maximum absolute atomic E-state index is 12.6. The van der Waals surface area contributed by atoms with Crippen LogP contribution in [-0.2, 0) is 0 Å². The fourth-order valence-electron chi connectivity index (χ4n) is 3.07. The van der Waals surface area contributed by atoms with Gasteiger partial charge in [0, 0.05) is 24.0 Å². The van der Waals surface area contributed by atoms with Gasteiger partial charge in [0.1, 0.15) is 5.69 Å². The first-order valence-corrected chi connectivity index (χ1v) is 8.02. The van der Waals surface area contributed by atoms with Crippen molar-refractivity contribution in [2.24, 2.45) is 0 Å². The molecule has 0 saturated carbocycles. The van der Waals surface area contributed by atoms with Crippen LogP contribution < -0.4 is 0 Å². The molecule has 3 aromatic heterocycles. The molecular formula is C18H14N4O3. The van der Waals surface area contributed by atoms with Gasteiger partial charge < -0.3 is 18.8 Å². The van der Waals surface area contributed by atoms with Gasteiger partial charge in [0.25, 0.3) is 5.91 Å². The lowest BCUT2D eigenvalue weighted by molar-refractivity contribution is 0.0564. The lowest BCUT2D eigenvalue weighted by atomic mass is 9.99. The van der Waals surface area contributed by atoms with Gasteiger partial charge in [0.2, 0.25) is 11.7 Å². The highest BCUT2D eigenvalue weighted by atomic mass is 16.5. The van der Waals surface area contributed by atoms with Crippen molar-refractivity contribution in [3.63, 3.8) is 0 Å². The second-order valence-corrected chi connectivity index (χ2v) is 6.11. The molecule has 0 atom stereocenters. The van der Waals surface area contributed by atoms with Crippen molar-refractivity contribution in [1.82, 2.24) is 20.0 Å². The quantitative estimate of drug-likeness (QED) is 0.622. The van der Waals surface area contributed by atoms with Crippen molar-refractivity contribution >= 4 is 16.8 Å². The molecule has 4 heterocycles. The Labute approximate surface area is 142 Å². The zero-order valence-electron chi connectivity index (χ0n) is 13.2. The summed E-state index contributed by atoms with van der Waals surface area (Å²) >= 11 is 0. The molecule has 4 aromatic rings. The van der Waals surface area contributed by atoms with E-state index in [1.54, 1.807) is 23.3 Å². The van der Waals surface area contributed by atoms with E-state index in [0.29, 0.717) is 36.3 Å². The van der Waals surface area contributed by atoms with E-state index in [1.807, 2.05) is 30.3 Å². The second kappa shape index (κ2) is 5.34. The Bertz CT molecular complexity index is 1010. The van der Waals surface area contributed by atoms with Gasteiger partial charge in [-0.25, -0.2) is 0 Å². The number of nitrogens with zero attached hydrogens (tertiary/aromatic N) is 3. The molecule has 1 N–H and O–H groups in total. The Morgan fingerprint density at radius 3 is 2.88 bits per heavy atom. The van der Waals surface area contributed by atoms with Crippen LogP contribution in [0.1, 0.15) is 22.3 Å². The Morgan fingerprint density at radius 2 is 2.08 bits per heavy atom. The number of rotatable bonds is 3. The minimum absolute atomic E-state index is 0.0155. The van der Waals surface area contributed by atoms with Gasteiger partial charge in [-0.2, -0.15) is 4.98 Å². The molecule has 25 heavy (non-hydrogen) atoms. The zero-order chi connectivity index (χ0) is 16.8. The molecule has 0 unspecified atom stereocenters. The van der Waals surface area contributed by atoms with Crippen LogP contribution in [0.25, 0.3) is 22.5 Å². The molecule has 0 spiro atoms. The highest BCUT2D eigenvalue weighted by Gasteiger charge is 2.36. The topological polar surface area (TPSA) is 88.2 Å². The number of hydrogen-bond acceptors (Lipinski definition) is 5. The summed E-state index contributed by atoms with van der Waals surface area (Å²) in [6.07, 6.45) is 1.56. The summed E-state index contributed by atoms with van der Waals surface area (Å²) in [5.41, 5.74) is 1.56. The van der Waals surface area contributed by atoms with E-state index in [-0.39, 0.29) is 11.8 Å². The molecule has 1 aromatic carbocycles. The number of amides is 1. The summed E-state index contributed by atoms with van der Waals surface area (Å²) in [6.45, 7) is 1.13. The first kappa shape index (κ1) is 14.0. The molecule has 0 bridgehead atoms. The first-order chi connectivity index (χ1) is 12.3. The normalized spacial score (nSPS) is 14.8. The van der Waals surface area contributed by atoms with Gasteiger partial charge >= 0.3 is 0 Å². The van der Waals surface area contributed by atoms with Crippen LogP contribution in [0.2, 0.25) is 0 Å². The number of carbonyl (C=O) groups excluding carboxylic acids is 1. The number of carbonyl (C=O) groups is 1. The maximum atomic E-state index is 12.6. The van der Waals surface area contributed by atoms with E-state index in [0.717, 1.165) is 10.9 Å². The Morgan fingerprint density at radius 1 is 1.20 bits per heavy atom. The van der Waals surface area contributed by atoms with Crippen molar-refractivity contribution in [2.45, 2.75) is 5.92 Å². The summed E-state index contributed by atoms with van der Waals surface area (Å²) < 4.78 is 10.6. The van der Waals surface area contributed by atoms with Gasteiger partial charge in [-0.3, -0.25) is 4.79 Å². The van der Waals surface area contributed by atoms with E-state index in [1.165, 1.54) is 0 Å². The predicted molar refractivity (Wildman–Crippen MR) is 88.9 cm³/mol. The van der Waals surface area contributed by atoms with E-state index < -0.39 is 0 Å². The number of aromatic nitrogens is 3. The van der Waals surface area contributed by atoms with Crippen LogP contribution in [0.4, 0.5) is 0 Å². The van der Waals surface area contributed by atoms with Crippen LogP contribution in [-0.4, -0.2) is 39.0 Å². The largest absolute Gasteiger partial charge is 0.461 e.